The zero-order valence-electron chi connectivity index (χ0n) is 13.8. The summed E-state index contributed by atoms with van der Waals surface area (Å²) in [6.45, 7) is 6.99. The molecule has 0 aromatic carbocycles. The maximum atomic E-state index is 5.15. The van der Waals surface area contributed by atoms with Gasteiger partial charge in [-0.1, -0.05) is 5.16 Å². The maximum absolute atomic E-state index is 5.15. The Labute approximate surface area is 131 Å². The van der Waals surface area contributed by atoms with Crippen molar-refractivity contribution in [1.29, 1.82) is 0 Å². The molecule has 5 nitrogen and oxygen atoms in total. The van der Waals surface area contributed by atoms with E-state index in [9.17, 15) is 0 Å². The lowest BCUT2D eigenvalue weighted by Crippen LogP contribution is -2.20. The molecule has 2 aromatic rings. The third-order valence-electron chi connectivity index (χ3n) is 4.23. The van der Waals surface area contributed by atoms with Crippen molar-refractivity contribution in [2.45, 2.75) is 32.7 Å². The number of aromatic nitrogens is 2. The molecule has 1 saturated heterocycles. The number of pyridine rings is 1. The standard InChI is InChI=1S/C17H24N4O/c1-12-7-16(20(3)4)9-17(18-12)14-5-6-21(10-14)11-15-8-13(2)22-19-15/h7-9,14H,5-6,10-11H2,1-4H3. The summed E-state index contributed by atoms with van der Waals surface area (Å²) in [5.41, 5.74) is 4.55. The summed E-state index contributed by atoms with van der Waals surface area (Å²) >= 11 is 0. The fourth-order valence-corrected chi connectivity index (χ4v) is 3.08. The Bertz CT molecular complexity index is 650. The van der Waals surface area contributed by atoms with Gasteiger partial charge in [-0.2, -0.15) is 0 Å². The Morgan fingerprint density at radius 3 is 2.77 bits per heavy atom. The molecule has 1 aliphatic heterocycles. The lowest BCUT2D eigenvalue weighted by Gasteiger charge is -2.18. The van der Waals surface area contributed by atoms with E-state index in [-0.39, 0.29) is 0 Å². The molecule has 2 aromatic heterocycles. The molecule has 5 heteroatoms. The summed E-state index contributed by atoms with van der Waals surface area (Å²) in [7, 11) is 4.15. The maximum Gasteiger partial charge on any atom is 0.133 e. The highest BCUT2D eigenvalue weighted by Crippen LogP contribution is 2.29. The van der Waals surface area contributed by atoms with Gasteiger partial charge in [0.15, 0.2) is 0 Å². The largest absolute Gasteiger partial charge is 0.378 e. The molecular formula is C17H24N4O. The smallest absolute Gasteiger partial charge is 0.133 e. The van der Waals surface area contributed by atoms with Gasteiger partial charge in [-0.25, -0.2) is 0 Å². The highest BCUT2D eigenvalue weighted by atomic mass is 16.5. The number of likely N-dealkylation sites (tertiary alicyclic amines) is 1. The van der Waals surface area contributed by atoms with Crippen LogP contribution in [0, 0.1) is 13.8 Å². The molecule has 3 heterocycles. The van der Waals surface area contributed by atoms with Gasteiger partial charge in [0.2, 0.25) is 0 Å². The molecule has 3 rings (SSSR count). The molecule has 1 atom stereocenters. The summed E-state index contributed by atoms with van der Waals surface area (Å²) in [6.07, 6.45) is 1.15. The van der Waals surface area contributed by atoms with Gasteiger partial charge in [-0.05, 0) is 38.9 Å². The average Bonchev–Trinajstić information content (AvgIpc) is 3.08. The molecule has 0 spiro atoms. The van der Waals surface area contributed by atoms with Gasteiger partial charge in [0.25, 0.3) is 0 Å². The second kappa shape index (κ2) is 6.08. The predicted molar refractivity (Wildman–Crippen MR) is 87.2 cm³/mol. The minimum atomic E-state index is 0.506. The summed E-state index contributed by atoms with van der Waals surface area (Å²) in [5, 5.41) is 4.09. The lowest BCUT2D eigenvalue weighted by molar-refractivity contribution is 0.308. The normalized spacial score (nSPS) is 18.8. The zero-order valence-corrected chi connectivity index (χ0v) is 13.8. The fourth-order valence-electron chi connectivity index (χ4n) is 3.08. The van der Waals surface area contributed by atoms with Gasteiger partial charge in [-0.3, -0.25) is 9.88 Å². The van der Waals surface area contributed by atoms with Gasteiger partial charge < -0.3 is 9.42 Å². The highest BCUT2D eigenvalue weighted by Gasteiger charge is 2.26. The predicted octanol–water partition coefficient (Wildman–Crippen LogP) is 2.74. The summed E-state index contributed by atoms with van der Waals surface area (Å²) in [4.78, 5) is 9.33. The molecule has 22 heavy (non-hydrogen) atoms. The Morgan fingerprint density at radius 2 is 2.09 bits per heavy atom. The molecule has 1 unspecified atom stereocenters. The highest BCUT2D eigenvalue weighted by molar-refractivity contribution is 5.47. The van der Waals surface area contributed by atoms with E-state index in [0.29, 0.717) is 5.92 Å². The molecule has 0 bridgehead atoms. The van der Waals surface area contributed by atoms with E-state index in [1.807, 2.05) is 13.0 Å². The van der Waals surface area contributed by atoms with Crippen molar-refractivity contribution in [3.05, 3.63) is 41.0 Å². The molecule has 0 amide bonds. The van der Waals surface area contributed by atoms with Crippen molar-refractivity contribution < 1.29 is 4.52 Å². The summed E-state index contributed by atoms with van der Waals surface area (Å²) in [5.74, 6) is 1.38. The van der Waals surface area contributed by atoms with Crippen LogP contribution < -0.4 is 4.90 Å². The number of anilines is 1. The topological polar surface area (TPSA) is 45.4 Å². The van der Waals surface area contributed by atoms with Crippen molar-refractivity contribution in [2.24, 2.45) is 0 Å². The Kier molecular flexibility index (Phi) is 4.16. The number of hydrogen-bond acceptors (Lipinski definition) is 5. The van der Waals surface area contributed by atoms with E-state index < -0.39 is 0 Å². The van der Waals surface area contributed by atoms with Crippen LogP contribution in [-0.2, 0) is 6.54 Å². The lowest BCUT2D eigenvalue weighted by atomic mass is 10.0. The van der Waals surface area contributed by atoms with Gasteiger partial charge >= 0.3 is 0 Å². The Morgan fingerprint density at radius 1 is 1.27 bits per heavy atom. The van der Waals surface area contributed by atoms with Gasteiger partial charge in [-0.15, -0.1) is 0 Å². The molecule has 1 aliphatic rings. The monoisotopic (exact) mass is 300 g/mol. The first kappa shape index (κ1) is 15.0. The van der Waals surface area contributed by atoms with Crippen LogP contribution in [-0.4, -0.2) is 42.2 Å². The van der Waals surface area contributed by atoms with Crippen LogP contribution in [0.15, 0.2) is 22.7 Å². The number of aryl methyl sites for hydroxylation is 2. The number of rotatable bonds is 4. The second-order valence-corrected chi connectivity index (χ2v) is 6.44. The van der Waals surface area contributed by atoms with E-state index >= 15 is 0 Å². The first-order valence-electron chi connectivity index (χ1n) is 7.82. The first-order valence-corrected chi connectivity index (χ1v) is 7.82. The molecule has 0 saturated carbocycles. The van der Waals surface area contributed by atoms with Gasteiger partial charge in [0.1, 0.15) is 5.76 Å². The van der Waals surface area contributed by atoms with E-state index in [0.717, 1.165) is 43.2 Å². The number of nitrogens with zero attached hydrogens (tertiary/aromatic N) is 4. The molecular weight excluding hydrogens is 276 g/mol. The van der Waals surface area contributed by atoms with E-state index in [2.05, 4.69) is 48.1 Å². The Hall–Kier alpha value is -1.88. The van der Waals surface area contributed by atoms with Crippen LogP contribution in [0.25, 0.3) is 0 Å². The van der Waals surface area contributed by atoms with Gasteiger partial charge in [0, 0.05) is 56.2 Å². The van der Waals surface area contributed by atoms with Crippen LogP contribution in [0.1, 0.15) is 35.2 Å². The van der Waals surface area contributed by atoms with E-state index in [4.69, 9.17) is 9.51 Å². The third-order valence-corrected chi connectivity index (χ3v) is 4.23. The zero-order chi connectivity index (χ0) is 15.7. The van der Waals surface area contributed by atoms with Gasteiger partial charge in [0.05, 0.1) is 5.69 Å². The van der Waals surface area contributed by atoms with Crippen LogP contribution in [0.4, 0.5) is 5.69 Å². The van der Waals surface area contributed by atoms with Crippen LogP contribution in [0.3, 0.4) is 0 Å². The fraction of sp³-hybridized carbons (Fsp3) is 0.529. The van der Waals surface area contributed by atoms with Crippen molar-refractivity contribution in [1.82, 2.24) is 15.0 Å². The first-order chi connectivity index (χ1) is 10.5. The summed E-state index contributed by atoms with van der Waals surface area (Å²) in [6, 6.07) is 6.37. The van der Waals surface area contributed by atoms with Crippen molar-refractivity contribution >= 4 is 5.69 Å². The minimum Gasteiger partial charge on any atom is -0.378 e. The molecule has 1 fully saturated rings. The summed E-state index contributed by atoms with van der Waals surface area (Å²) < 4.78 is 5.15. The van der Waals surface area contributed by atoms with Crippen LogP contribution in [0.2, 0.25) is 0 Å². The SMILES string of the molecule is Cc1cc(N(C)C)cc(C2CCN(Cc3cc(C)on3)C2)n1. The van der Waals surface area contributed by atoms with E-state index in [1.54, 1.807) is 0 Å². The average molecular weight is 300 g/mol. The Balaban J connectivity index is 1.69. The van der Waals surface area contributed by atoms with Crippen molar-refractivity contribution in [3.8, 4) is 0 Å². The van der Waals surface area contributed by atoms with Crippen molar-refractivity contribution in [2.75, 3.05) is 32.1 Å². The second-order valence-electron chi connectivity index (χ2n) is 6.44. The molecule has 0 N–H and O–H groups in total. The minimum absolute atomic E-state index is 0.506. The van der Waals surface area contributed by atoms with Crippen LogP contribution >= 0.6 is 0 Å². The molecule has 0 radical (unpaired) electrons. The van der Waals surface area contributed by atoms with Crippen LogP contribution in [0.5, 0.6) is 0 Å². The quantitative estimate of drug-likeness (QED) is 0.869. The number of hydrogen-bond donors (Lipinski definition) is 0. The van der Waals surface area contributed by atoms with Crippen molar-refractivity contribution in [3.63, 3.8) is 0 Å². The van der Waals surface area contributed by atoms with E-state index in [1.165, 1.54) is 11.4 Å². The molecule has 0 aliphatic carbocycles. The molecule has 118 valence electrons. The third kappa shape index (κ3) is 3.30.